The number of nitrogens with one attached hydrogen (secondary N) is 1. The molecule has 0 amide bonds. The maximum absolute atomic E-state index is 13.8. The summed E-state index contributed by atoms with van der Waals surface area (Å²) < 4.78 is 24.6. The Balaban J connectivity index is 2.30. The number of benzene rings is 1. The molecule has 0 saturated carbocycles. The van der Waals surface area contributed by atoms with Gasteiger partial charge in [-0.25, -0.2) is 4.39 Å². The Hall–Kier alpha value is -1.13. The Morgan fingerprint density at radius 3 is 2.94 bits per heavy atom. The molecule has 0 radical (unpaired) electrons. The van der Waals surface area contributed by atoms with Gasteiger partial charge >= 0.3 is 0 Å². The van der Waals surface area contributed by atoms with Gasteiger partial charge in [0.05, 0.1) is 18.8 Å². The van der Waals surface area contributed by atoms with E-state index in [9.17, 15) is 4.39 Å². The third kappa shape index (κ3) is 2.18. The second-order valence-electron chi connectivity index (χ2n) is 3.95. The molecule has 4 heteroatoms. The summed E-state index contributed by atoms with van der Waals surface area (Å²) in [7, 11) is 1.54. The number of hydrogen-bond acceptors (Lipinski definition) is 3. The van der Waals surface area contributed by atoms with Crippen LogP contribution in [0.4, 0.5) is 4.39 Å². The van der Waals surface area contributed by atoms with Crippen LogP contribution in [0.1, 0.15) is 18.6 Å². The van der Waals surface area contributed by atoms with Crippen molar-refractivity contribution in [3.8, 4) is 5.75 Å². The first kappa shape index (κ1) is 11.4. The average molecular weight is 225 g/mol. The third-order valence-corrected chi connectivity index (χ3v) is 2.71. The molecule has 16 heavy (non-hydrogen) atoms. The Kier molecular flexibility index (Phi) is 3.41. The number of methoxy groups -OCH3 is 1. The molecule has 1 aliphatic rings. The first-order valence-electron chi connectivity index (χ1n) is 5.41. The van der Waals surface area contributed by atoms with Crippen molar-refractivity contribution in [1.29, 1.82) is 0 Å². The highest BCUT2D eigenvalue weighted by Crippen LogP contribution is 2.31. The van der Waals surface area contributed by atoms with Gasteiger partial charge in [0.25, 0.3) is 0 Å². The summed E-state index contributed by atoms with van der Waals surface area (Å²) >= 11 is 0. The van der Waals surface area contributed by atoms with Gasteiger partial charge in [-0.3, -0.25) is 0 Å². The second-order valence-corrected chi connectivity index (χ2v) is 3.95. The molecule has 1 saturated heterocycles. The van der Waals surface area contributed by atoms with E-state index in [1.165, 1.54) is 13.2 Å². The van der Waals surface area contributed by atoms with Gasteiger partial charge < -0.3 is 14.8 Å². The van der Waals surface area contributed by atoms with Crippen molar-refractivity contribution in [2.24, 2.45) is 0 Å². The van der Waals surface area contributed by atoms with E-state index in [-0.39, 0.29) is 18.0 Å². The molecule has 2 atom stereocenters. The molecule has 2 unspecified atom stereocenters. The van der Waals surface area contributed by atoms with Crippen LogP contribution in [0.15, 0.2) is 18.2 Å². The molecule has 2 rings (SSSR count). The van der Waals surface area contributed by atoms with Crippen LogP contribution >= 0.6 is 0 Å². The minimum absolute atomic E-state index is 0.0862. The van der Waals surface area contributed by atoms with Crippen LogP contribution in [-0.4, -0.2) is 26.3 Å². The van der Waals surface area contributed by atoms with Crippen molar-refractivity contribution in [3.63, 3.8) is 0 Å². The van der Waals surface area contributed by atoms with Gasteiger partial charge in [0.15, 0.2) is 0 Å². The summed E-state index contributed by atoms with van der Waals surface area (Å²) in [5.41, 5.74) is 0.504. The van der Waals surface area contributed by atoms with Crippen molar-refractivity contribution < 1.29 is 13.9 Å². The maximum atomic E-state index is 13.8. The predicted octanol–water partition coefficient (Wildman–Crippen LogP) is 1.88. The van der Waals surface area contributed by atoms with Crippen LogP contribution in [-0.2, 0) is 4.74 Å². The molecule has 0 bridgehead atoms. The molecule has 0 aromatic heterocycles. The molecule has 0 spiro atoms. The zero-order valence-electron chi connectivity index (χ0n) is 9.50. The lowest BCUT2D eigenvalue weighted by molar-refractivity contribution is -0.0313. The van der Waals surface area contributed by atoms with Crippen molar-refractivity contribution in [1.82, 2.24) is 5.32 Å². The van der Waals surface area contributed by atoms with Crippen LogP contribution in [0, 0.1) is 5.82 Å². The summed E-state index contributed by atoms with van der Waals surface area (Å²) in [5, 5.41) is 3.21. The fourth-order valence-corrected chi connectivity index (χ4v) is 1.97. The van der Waals surface area contributed by atoms with E-state index in [1.807, 2.05) is 6.92 Å². The molecule has 1 aliphatic heterocycles. The monoisotopic (exact) mass is 225 g/mol. The van der Waals surface area contributed by atoms with E-state index >= 15 is 0 Å². The molecular weight excluding hydrogens is 209 g/mol. The molecule has 3 nitrogen and oxygen atoms in total. The Labute approximate surface area is 94.6 Å². The first-order valence-corrected chi connectivity index (χ1v) is 5.41. The summed E-state index contributed by atoms with van der Waals surface area (Å²) in [5.74, 6) is 0.265. The van der Waals surface area contributed by atoms with E-state index in [4.69, 9.17) is 9.47 Å². The summed E-state index contributed by atoms with van der Waals surface area (Å²) in [6.45, 7) is 3.38. The van der Waals surface area contributed by atoms with Gasteiger partial charge in [0, 0.05) is 13.1 Å². The predicted molar refractivity (Wildman–Crippen MR) is 59.1 cm³/mol. The minimum atomic E-state index is -0.278. The fourth-order valence-electron chi connectivity index (χ4n) is 1.97. The van der Waals surface area contributed by atoms with Crippen LogP contribution in [0.3, 0.4) is 0 Å². The van der Waals surface area contributed by atoms with Gasteiger partial charge in [0.2, 0.25) is 0 Å². The van der Waals surface area contributed by atoms with Gasteiger partial charge in [0.1, 0.15) is 17.7 Å². The highest BCUT2D eigenvalue weighted by molar-refractivity contribution is 5.37. The van der Waals surface area contributed by atoms with Crippen molar-refractivity contribution >= 4 is 0 Å². The number of hydrogen-bond donors (Lipinski definition) is 1. The molecule has 1 fully saturated rings. The molecule has 1 heterocycles. The molecule has 88 valence electrons. The lowest BCUT2D eigenvalue weighted by Crippen LogP contribution is -2.39. The van der Waals surface area contributed by atoms with Gasteiger partial charge in [-0.1, -0.05) is 6.07 Å². The fraction of sp³-hybridized carbons (Fsp3) is 0.500. The largest absolute Gasteiger partial charge is 0.496 e. The van der Waals surface area contributed by atoms with E-state index < -0.39 is 0 Å². The molecular formula is C12H16FNO2. The van der Waals surface area contributed by atoms with Gasteiger partial charge in [-0.05, 0) is 19.1 Å². The minimum Gasteiger partial charge on any atom is -0.496 e. The van der Waals surface area contributed by atoms with Crippen LogP contribution < -0.4 is 10.1 Å². The van der Waals surface area contributed by atoms with Crippen molar-refractivity contribution in [2.45, 2.75) is 19.1 Å². The van der Waals surface area contributed by atoms with Gasteiger partial charge in [-0.15, -0.1) is 0 Å². The quantitative estimate of drug-likeness (QED) is 0.833. The Bertz CT molecular complexity index is 370. The van der Waals surface area contributed by atoms with Crippen LogP contribution in [0.5, 0.6) is 5.75 Å². The third-order valence-electron chi connectivity index (χ3n) is 2.71. The second kappa shape index (κ2) is 4.80. The normalized spacial score (nSPS) is 25.4. The lowest BCUT2D eigenvalue weighted by Gasteiger charge is -2.30. The first-order chi connectivity index (χ1) is 7.72. The molecule has 1 aromatic rings. The summed E-state index contributed by atoms with van der Waals surface area (Å²) in [6, 6.07) is 4.82. The lowest BCUT2D eigenvalue weighted by atomic mass is 10.1. The number of halogens is 1. The smallest absolute Gasteiger partial charge is 0.132 e. The summed E-state index contributed by atoms with van der Waals surface area (Å²) in [4.78, 5) is 0. The van der Waals surface area contributed by atoms with Crippen molar-refractivity contribution in [3.05, 3.63) is 29.6 Å². The Morgan fingerprint density at radius 1 is 1.44 bits per heavy atom. The maximum Gasteiger partial charge on any atom is 0.132 e. The molecule has 1 aromatic carbocycles. The topological polar surface area (TPSA) is 30.5 Å². The molecule has 1 N–H and O–H groups in total. The average Bonchev–Trinajstić information content (AvgIpc) is 2.28. The highest BCUT2D eigenvalue weighted by atomic mass is 19.1. The van der Waals surface area contributed by atoms with Crippen molar-refractivity contribution in [2.75, 3.05) is 20.2 Å². The molecule has 0 aliphatic carbocycles. The standard InChI is InChI=1S/C12H16FNO2/c1-8-6-14-7-11(16-8)12-9(13)4-3-5-10(12)15-2/h3-5,8,11,14H,6-7H2,1-2H3. The summed E-state index contributed by atoms with van der Waals surface area (Å²) in [6.07, 6.45) is -0.192. The zero-order valence-corrected chi connectivity index (χ0v) is 9.50. The van der Waals surface area contributed by atoms with Crippen LogP contribution in [0.2, 0.25) is 0 Å². The van der Waals surface area contributed by atoms with E-state index in [0.29, 0.717) is 17.9 Å². The Morgan fingerprint density at radius 2 is 2.25 bits per heavy atom. The number of ether oxygens (including phenoxy) is 2. The zero-order chi connectivity index (χ0) is 11.5. The SMILES string of the molecule is COc1cccc(F)c1C1CNCC(C)O1. The van der Waals surface area contributed by atoms with E-state index in [0.717, 1.165) is 6.54 Å². The van der Waals surface area contributed by atoms with Gasteiger partial charge in [-0.2, -0.15) is 0 Å². The highest BCUT2D eigenvalue weighted by Gasteiger charge is 2.25. The number of rotatable bonds is 2. The number of morpholine rings is 1. The van der Waals surface area contributed by atoms with E-state index in [2.05, 4.69) is 5.32 Å². The van der Waals surface area contributed by atoms with E-state index in [1.54, 1.807) is 12.1 Å². The van der Waals surface area contributed by atoms with Crippen LogP contribution in [0.25, 0.3) is 0 Å².